The Bertz CT molecular complexity index is 680. The van der Waals surface area contributed by atoms with Gasteiger partial charge in [0.2, 0.25) is 0 Å². The van der Waals surface area contributed by atoms with Crippen molar-refractivity contribution in [1.29, 1.82) is 0 Å². The topological polar surface area (TPSA) is 73.4 Å². The number of hydrogen-bond donors (Lipinski definition) is 2. The molecule has 0 bridgehead atoms. The van der Waals surface area contributed by atoms with Crippen molar-refractivity contribution in [2.24, 2.45) is 0 Å². The number of aromatic nitrogens is 2. The smallest absolute Gasteiger partial charge is 0.320 e. The van der Waals surface area contributed by atoms with Gasteiger partial charge in [-0.05, 0) is 38.1 Å². The zero-order valence-electron chi connectivity index (χ0n) is 14.6. The minimum Gasteiger partial charge on any atom is -0.368 e. The van der Waals surface area contributed by atoms with Crippen molar-refractivity contribution in [3.63, 3.8) is 0 Å². The van der Waals surface area contributed by atoms with Gasteiger partial charge >= 0.3 is 6.03 Å². The van der Waals surface area contributed by atoms with Gasteiger partial charge in [0, 0.05) is 37.9 Å². The Morgan fingerprint density at radius 1 is 0.960 bits per heavy atom. The molecule has 0 atom stereocenters. The number of urea groups is 1. The summed E-state index contributed by atoms with van der Waals surface area (Å²) >= 11 is 0. The van der Waals surface area contributed by atoms with E-state index in [4.69, 9.17) is 0 Å². The number of carbonyl (C=O) groups excluding carboxylic acids is 1. The van der Waals surface area contributed by atoms with Gasteiger partial charge < -0.3 is 15.1 Å². The molecule has 1 aliphatic rings. The van der Waals surface area contributed by atoms with E-state index in [2.05, 4.69) is 54.9 Å². The predicted octanol–water partition coefficient (Wildman–Crippen LogP) is 2.33. The third-order valence-electron chi connectivity index (χ3n) is 4.04. The lowest BCUT2D eigenvalue weighted by atomic mass is 10.2. The van der Waals surface area contributed by atoms with Crippen LogP contribution in [0.2, 0.25) is 0 Å². The second-order valence-electron chi connectivity index (χ2n) is 6.34. The number of rotatable bonds is 4. The quantitative estimate of drug-likeness (QED) is 0.894. The highest BCUT2D eigenvalue weighted by Gasteiger charge is 2.18. The highest BCUT2D eigenvalue weighted by atomic mass is 16.2. The fourth-order valence-corrected chi connectivity index (χ4v) is 2.81. The maximum absolute atomic E-state index is 11.7. The second-order valence-corrected chi connectivity index (χ2v) is 6.34. The van der Waals surface area contributed by atoms with Gasteiger partial charge in [-0.3, -0.25) is 5.32 Å². The lowest BCUT2D eigenvalue weighted by Gasteiger charge is -2.36. The molecule has 2 N–H and O–H groups in total. The molecule has 1 aliphatic heterocycles. The molecule has 1 aromatic carbocycles. The first-order valence-electron chi connectivity index (χ1n) is 8.58. The number of hydrogen-bond acceptors (Lipinski definition) is 5. The van der Waals surface area contributed by atoms with Gasteiger partial charge in [0.15, 0.2) is 11.6 Å². The summed E-state index contributed by atoms with van der Waals surface area (Å²) in [5, 5.41) is 13.8. The fraction of sp³-hybridized carbons (Fsp3) is 0.389. The summed E-state index contributed by atoms with van der Waals surface area (Å²) in [4.78, 5) is 16.3. The van der Waals surface area contributed by atoms with E-state index in [1.165, 1.54) is 5.69 Å². The minimum absolute atomic E-state index is 0.0770. The summed E-state index contributed by atoms with van der Waals surface area (Å²) in [5.41, 5.74) is 1.25. The molecule has 3 rings (SSSR count). The summed E-state index contributed by atoms with van der Waals surface area (Å²) in [6.45, 7) is 7.49. The van der Waals surface area contributed by atoms with Crippen LogP contribution < -0.4 is 20.4 Å². The Morgan fingerprint density at radius 3 is 2.24 bits per heavy atom. The van der Waals surface area contributed by atoms with Crippen LogP contribution in [0.3, 0.4) is 0 Å². The molecule has 0 unspecified atom stereocenters. The number of nitrogens with zero attached hydrogens (tertiary/aromatic N) is 4. The van der Waals surface area contributed by atoms with Crippen molar-refractivity contribution in [2.45, 2.75) is 19.9 Å². The van der Waals surface area contributed by atoms with Crippen LogP contribution >= 0.6 is 0 Å². The molecule has 7 nitrogen and oxygen atoms in total. The maximum Gasteiger partial charge on any atom is 0.320 e. The van der Waals surface area contributed by atoms with Crippen LogP contribution in [0.25, 0.3) is 0 Å². The van der Waals surface area contributed by atoms with E-state index in [-0.39, 0.29) is 12.1 Å². The van der Waals surface area contributed by atoms with E-state index in [9.17, 15) is 4.79 Å². The molecule has 1 saturated heterocycles. The fourth-order valence-electron chi connectivity index (χ4n) is 2.81. The van der Waals surface area contributed by atoms with E-state index in [0.717, 1.165) is 32.0 Å². The number of carbonyl (C=O) groups is 1. The lowest BCUT2D eigenvalue weighted by Crippen LogP contribution is -2.46. The van der Waals surface area contributed by atoms with Gasteiger partial charge in [-0.15, -0.1) is 10.2 Å². The van der Waals surface area contributed by atoms with Crippen LogP contribution in [0.4, 0.5) is 22.1 Å². The number of benzene rings is 1. The molecule has 2 amide bonds. The molecule has 1 aromatic heterocycles. The molecule has 0 spiro atoms. The number of para-hydroxylation sites is 1. The average Bonchev–Trinajstić information content (AvgIpc) is 2.62. The molecule has 25 heavy (non-hydrogen) atoms. The Balaban J connectivity index is 1.54. The molecule has 0 radical (unpaired) electrons. The van der Waals surface area contributed by atoms with E-state index in [1.807, 2.05) is 26.0 Å². The first-order valence-corrected chi connectivity index (χ1v) is 8.58. The summed E-state index contributed by atoms with van der Waals surface area (Å²) < 4.78 is 0. The zero-order valence-corrected chi connectivity index (χ0v) is 14.6. The van der Waals surface area contributed by atoms with Gasteiger partial charge in [0.1, 0.15) is 0 Å². The van der Waals surface area contributed by atoms with E-state index >= 15 is 0 Å². The Labute approximate surface area is 148 Å². The molecule has 132 valence electrons. The van der Waals surface area contributed by atoms with Crippen molar-refractivity contribution < 1.29 is 4.79 Å². The van der Waals surface area contributed by atoms with Gasteiger partial charge in [0.25, 0.3) is 0 Å². The molecular weight excluding hydrogens is 316 g/mol. The van der Waals surface area contributed by atoms with E-state index in [0.29, 0.717) is 5.82 Å². The van der Waals surface area contributed by atoms with Crippen molar-refractivity contribution in [1.82, 2.24) is 15.5 Å². The van der Waals surface area contributed by atoms with Crippen molar-refractivity contribution in [3.8, 4) is 0 Å². The summed E-state index contributed by atoms with van der Waals surface area (Å²) in [6.07, 6.45) is 0. The predicted molar refractivity (Wildman–Crippen MR) is 100 cm³/mol. The maximum atomic E-state index is 11.7. The highest BCUT2D eigenvalue weighted by Crippen LogP contribution is 2.19. The van der Waals surface area contributed by atoms with Crippen LogP contribution in [-0.4, -0.2) is 48.4 Å². The molecule has 2 heterocycles. The van der Waals surface area contributed by atoms with Gasteiger partial charge in [-0.25, -0.2) is 4.79 Å². The molecule has 2 aromatic rings. The van der Waals surface area contributed by atoms with Crippen LogP contribution in [0.15, 0.2) is 42.5 Å². The Kier molecular flexibility index (Phi) is 5.33. The molecular formula is C18H24N6O. The van der Waals surface area contributed by atoms with Crippen LogP contribution in [0.5, 0.6) is 0 Å². The number of piperazine rings is 1. The minimum atomic E-state index is -0.270. The Hall–Kier alpha value is -2.83. The van der Waals surface area contributed by atoms with Crippen molar-refractivity contribution >= 4 is 23.4 Å². The first-order chi connectivity index (χ1) is 12.1. The molecule has 1 fully saturated rings. The van der Waals surface area contributed by atoms with Crippen LogP contribution in [0, 0.1) is 0 Å². The summed E-state index contributed by atoms with van der Waals surface area (Å²) in [7, 11) is 0. The second kappa shape index (κ2) is 7.83. The lowest BCUT2D eigenvalue weighted by molar-refractivity contribution is 0.250. The monoisotopic (exact) mass is 340 g/mol. The van der Waals surface area contributed by atoms with Crippen molar-refractivity contribution in [3.05, 3.63) is 42.5 Å². The van der Waals surface area contributed by atoms with E-state index < -0.39 is 0 Å². The van der Waals surface area contributed by atoms with Gasteiger partial charge in [0.05, 0.1) is 0 Å². The summed E-state index contributed by atoms with van der Waals surface area (Å²) in [6, 6.07) is 13.9. The molecule has 0 aliphatic carbocycles. The molecule has 0 saturated carbocycles. The van der Waals surface area contributed by atoms with E-state index in [1.54, 1.807) is 6.07 Å². The number of amides is 2. The summed E-state index contributed by atoms with van der Waals surface area (Å²) in [5.74, 6) is 1.28. The number of anilines is 3. The third-order valence-corrected chi connectivity index (χ3v) is 4.04. The van der Waals surface area contributed by atoms with Gasteiger partial charge in [-0.2, -0.15) is 0 Å². The normalized spacial score (nSPS) is 14.5. The standard InChI is InChI=1S/C18H24N6O/c1-14(2)19-18(25)20-16-8-9-17(22-21-16)24-12-10-23(11-13-24)15-6-4-3-5-7-15/h3-9,14H,10-13H2,1-2H3,(H2,19,20,21,25). The SMILES string of the molecule is CC(C)NC(=O)Nc1ccc(N2CCN(c3ccccc3)CC2)nn1. The average molecular weight is 340 g/mol. The Morgan fingerprint density at radius 2 is 1.64 bits per heavy atom. The zero-order chi connectivity index (χ0) is 17.6. The third kappa shape index (κ3) is 4.59. The van der Waals surface area contributed by atoms with Gasteiger partial charge in [-0.1, -0.05) is 18.2 Å². The highest BCUT2D eigenvalue weighted by molar-refractivity contribution is 5.88. The van der Waals surface area contributed by atoms with Crippen LogP contribution in [0.1, 0.15) is 13.8 Å². The largest absolute Gasteiger partial charge is 0.368 e. The van der Waals surface area contributed by atoms with Crippen molar-refractivity contribution in [2.75, 3.05) is 41.3 Å². The van der Waals surface area contributed by atoms with Crippen LogP contribution in [-0.2, 0) is 0 Å². The first kappa shape index (κ1) is 17.0. The molecule has 7 heteroatoms. The number of nitrogens with one attached hydrogen (secondary N) is 2.